The Kier molecular flexibility index (Phi) is 3.68. The highest BCUT2D eigenvalue weighted by molar-refractivity contribution is 5.51. The minimum absolute atomic E-state index is 0.207. The van der Waals surface area contributed by atoms with E-state index in [1.807, 2.05) is 36.7 Å². The summed E-state index contributed by atoms with van der Waals surface area (Å²) >= 11 is 0. The van der Waals surface area contributed by atoms with Gasteiger partial charge in [0.05, 0.1) is 0 Å². The molecule has 1 aliphatic rings. The van der Waals surface area contributed by atoms with Crippen molar-refractivity contribution in [3.05, 3.63) is 58.9 Å². The Balaban J connectivity index is 1.88. The van der Waals surface area contributed by atoms with Gasteiger partial charge in [-0.2, -0.15) is 0 Å². The normalized spacial score (nSPS) is 22.0. The number of rotatable bonds is 3. The number of pyridine rings is 1. The van der Waals surface area contributed by atoms with Crippen molar-refractivity contribution in [2.45, 2.75) is 45.2 Å². The molecule has 0 saturated carbocycles. The van der Waals surface area contributed by atoms with Crippen LogP contribution in [0.5, 0.6) is 5.75 Å². The summed E-state index contributed by atoms with van der Waals surface area (Å²) in [7, 11) is 0. The van der Waals surface area contributed by atoms with E-state index in [4.69, 9.17) is 0 Å². The molecule has 0 bridgehead atoms. The maximum absolute atomic E-state index is 10.3. The smallest absolute Gasteiger partial charge is 0.120 e. The Morgan fingerprint density at radius 3 is 2.62 bits per heavy atom. The number of fused-ring (bicyclic) bond motifs is 1. The van der Waals surface area contributed by atoms with Gasteiger partial charge in [-0.25, -0.2) is 0 Å². The van der Waals surface area contributed by atoms with Crippen molar-refractivity contribution in [3.8, 4) is 5.75 Å². The van der Waals surface area contributed by atoms with E-state index in [0.717, 1.165) is 12.0 Å². The molecule has 2 aromatic rings. The molecule has 3 atom stereocenters. The number of hydrogen-bond acceptors (Lipinski definition) is 3. The van der Waals surface area contributed by atoms with E-state index in [2.05, 4.69) is 31.1 Å². The second-order valence-electron chi connectivity index (χ2n) is 6.09. The van der Waals surface area contributed by atoms with E-state index in [1.165, 1.54) is 16.7 Å². The molecule has 1 heterocycles. The minimum atomic E-state index is 0.207. The number of phenolic OH excluding ortho intramolecular Hbond substituents is 1. The van der Waals surface area contributed by atoms with Crippen molar-refractivity contribution in [1.82, 2.24) is 10.3 Å². The SMILES string of the molecule is Cc1ccc(O)c2c1C(C)CC2NC(C)c1ccncc1. The highest BCUT2D eigenvalue weighted by Crippen LogP contribution is 2.46. The molecule has 0 fully saturated rings. The molecule has 0 amide bonds. The largest absolute Gasteiger partial charge is 0.508 e. The van der Waals surface area contributed by atoms with Gasteiger partial charge in [-0.05, 0) is 61.1 Å². The second-order valence-corrected chi connectivity index (χ2v) is 6.09. The second kappa shape index (κ2) is 5.49. The van der Waals surface area contributed by atoms with Gasteiger partial charge in [0.15, 0.2) is 0 Å². The molecule has 3 rings (SSSR count). The van der Waals surface area contributed by atoms with Gasteiger partial charge in [-0.3, -0.25) is 4.98 Å². The molecule has 0 radical (unpaired) electrons. The third-order valence-corrected chi connectivity index (χ3v) is 4.57. The van der Waals surface area contributed by atoms with Gasteiger partial charge in [-0.15, -0.1) is 0 Å². The van der Waals surface area contributed by atoms with Gasteiger partial charge in [-0.1, -0.05) is 13.0 Å². The summed E-state index contributed by atoms with van der Waals surface area (Å²) in [5.41, 5.74) is 4.90. The third kappa shape index (κ3) is 2.54. The Morgan fingerprint density at radius 1 is 1.19 bits per heavy atom. The van der Waals surface area contributed by atoms with Gasteiger partial charge in [0.2, 0.25) is 0 Å². The summed E-state index contributed by atoms with van der Waals surface area (Å²) in [6.07, 6.45) is 4.67. The summed E-state index contributed by atoms with van der Waals surface area (Å²) in [5.74, 6) is 0.897. The number of hydrogen-bond donors (Lipinski definition) is 2. The summed E-state index contributed by atoms with van der Waals surface area (Å²) in [6.45, 7) is 6.53. The first-order valence-corrected chi connectivity index (χ1v) is 7.56. The Morgan fingerprint density at radius 2 is 1.90 bits per heavy atom. The molecular weight excluding hydrogens is 260 g/mol. The van der Waals surface area contributed by atoms with Crippen LogP contribution >= 0.6 is 0 Å². The zero-order valence-electron chi connectivity index (χ0n) is 12.8. The molecule has 3 nitrogen and oxygen atoms in total. The van der Waals surface area contributed by atoms with Crippen LogP contribution in [0.1, 0.15) is 60.5 Å². The van der Waals surface area contributed by atoms with Gasteiger partial charge >= 0.3 is 0 Å². The lowest BCUT2D eigenvalue weighted by molar-refractivity contribution is 0.422. The predicted molar refractivity (Wildman–Crippen MR) is 84.4 cm³/mol. The number of phenols is 1. The quantitative estimate of drug-likeness (QED) is 0.894. The summed E-state index contributed by atoms with van der Waals surface area (Å²) < 4.78 is 0. The first-order valence-electron chi connectivity index (χ1n) is 7.56. The minimum Gasteiger partial charge on any atom is -0.508 e. The molecule has 1 aliphatic carbocycles. The van der Waals surface area contributed by atoms with E-state index >= 15 is 0 Å². The molecule has 1 aromatic heterocycles. The van der Waals surface area contributed by atoms with Gasteiger partial charge < -0.3 is 10.4 Å². The summed E-state index contributed by atoms with van der Waals surface area (Å²) in [6, 6.07) is 8.34. The van der Waals surface area contributed by atoms with Crippen molar-refractivity contribution >= 4 is 0 Å². The maximum Gasteiger partial charge on any atom is 0.120 e. The summed E-state index contributed by atoms with van der Waals surface area (Å²) in [5, 5.41) is 13.9. The molecule has 1 aromatic carbocycles. The van der Waals surface area contributed by atoms with Crippen LogP contribution in [0, 0.1) is 6.92 Å². The molecule has 0 saturated heterocycles. The third-order valence-electron chi connectivity index (χ3n) is 4.57. The molecule has 0 aliphatic heterocycles. The number of benzene rings is 1. The monoisotopic (exact) mass is 282 g/mol. The molecule has 110 valence electrons. The molecule has 0 spiro atoms. The van der Waals surface area contributed by atoms with Crippen molar-refractivity contribution in [3.63, 3.8) is 0 Å². The molecule has 3 heteroatoms. The highest BCUT2D eigenvalue weighted by Gasteiger charge is 2.32. The Hall–Kier alpha value is -1.87. The van der Waals surface area contributed by atoms with Crippen LogP contribution in [0.4, 0.5) is 0 Å². The van der Waals surface area contributed by atoms with E-state index in [-0.39, 0.29) is 12.1 Å². The van der Waals surface area contributed by atoms with Crippen LogP contribution in [0.3, 0.4) is 0 Å². The van der Waals surface area contributed by atoms with E-state index in [9.17, 15) is 5.11 Å². The van der Waals surface area contributed by atoms with Crippen LogP contribution in [-0.4, -0.2) is 10.1 Å². The van der Waals surface area contributed by atoms with E-state index in [1.54, 1.807) is 0 Å². The fourth-order valence-electron chi connectivity index (χ4n) is 3.54. The van der Waals surface area contributed by atoms with Gasteiger partial charge in [0.25, 0.3) is 0 Å². The van der Waals surface area contributed by atoms with Crippen LogP contribution < -0.4 is 5.32 Å². The highest BCUT2D eigenvalue weighted by atomic mass is 16.3. The lowest BCUT2D eigenvalue weighted by Gasteiger charge is -2.21. The van der Waals surface area contributed by atoms with Crippen LogP contribution in [0.2, 0.25) is 0 Å². The van der Waals surface area contributed by atoms with Gasteiger partial charge in [0.1, 0.15) is 5.75 Å². The predicted octanol–water partition coefficient (Wildman–Crippen LogP) is 3.99. The number of nitrogens with one attached hydrogen (secondary N) is 1. The fraction of sp³-hybridized carbons (Fsp3) is 0.389. The Labute approximate surface area is 126 Å². The number of nitrogens with zero attached hydrogens (tertiary/aromatic N) is 1. The van der Waals surface area contributed by atoms with E-state index < -0.39 is 0 Å². The number of aromatic hydroxyl groups is 1. The molecular formula is C18H22N2O. The standard InChI is InChI=1S/C18H22N2O/c1-11-4-5-16(21)18-15(10-12(2)17(11)18)20-13(3)14-6-8-19-9-7-14/h4-9,12-13,15,20-21H,10H2,1-3H3. The number of aromatic nitrogens is 1. The topological polar surface area (TPSA) is 45.1 Å². The zero-order valence-corrected chi connectivity index (χ0v) is 12.8. The first-order chi connectivity index (χ1) is 10.1. The molecule has 21 heavy (non-hydrogen) atoms. The lowest BCUT2D eigenvalue weighted by Crippen LogP contribution is -2.23. The number of aryl methyl sites for hydroxylation is 1. The van der Waals surface area contributed by atoms with Crippen LogP contribution in [-0.2, 0) is 0 Å². The van der Waals surface area contributed by atoms with Crippen molar-refractivity contribution in [1.29, 1.82) is 0 Å². The van der Waals surface area contributed by atoms with Crippen molar-refractivity contribution in [2.75, 3.05) is 0 Å². The van der Waals surface area contributed by atoms with E-state index in [0.29, 0.717) is 11.7 Å². The zero-order chi connectivity index (χ0) is 15.0. The van der Waals surface area contributed by atoms with Crippen LogP contribution in [0.25, 0.3) is 0 Å². The Bertz CT molecular complexity index is 639. The average Bonchev–Trinajstić information content (AvgIpc) is 2.81. The molecule has 3 unspecified atom stereocenters. The average molecular weight is 282 g/mol. The van der Waals surface area contributed by atoms with Crippen molar-refractivity contribution < 1.29 is 5.11 Å². The lowest BCUT2D eigenvalue weighted by atomic mass is 9.97. The summed E-state index contributed by atoms with van der Waals surface area (Å²) in [4.78, 5) is 4.07. The van der Waals surface area contributed by atoms with Gasteiger partial charge in [0, 0.05) is 30.0 Å². The first kappa shape index (κ1) is 14.1. The van der Waals surface area contributed by atoms with Crippen molar-refractivity contribution in [2.24, 2.45) is 0 Å². The molecule has 2 N–H and O–H groups in total. The maximum atomic E-state index is 10.3. The fourth-order valence-corrected chi connectivity index (χ4v) is 3.54. The van der Waals surface area contributed by atoms with Crippen LogP contribution in [0.15, 0.2) is 36.7 Å².